The third-order valence-electron chi connectivity index (χ3n) is 3.81. The molecule has 1 unspecified atom stereocenters. The Morgan fingerprint density at radius 3 is 2.24 bits per heavy atom. The molecule has 2 fully saturated rings. The molecule has 1 saturated carbocycles. The molecule has 2 aliphatic rings. The number of hydrogen-bond acceptors (Lipinski definition) is 3. The van der Waals surface area contributed by atoms with Gasteiger partial charge in [0.1, 0.15) is 0 Å². The lowest BCUT2D eigenvalue weighted by molar-refractivity contribution is -0.161. The molecule has 1 heterocycles. The maximum absolute atomic E-state index is 12.1. The van der Waals surface area contributed by atoms with Gasteiger partial charge in [-0.1, -0.05) is 6.92 Å². The highest BCUT2D eigenvalue weighted by Gasteiger charge is 2.47. The van der Waals surface area contributed by atoms with E-state index in [0.717, 1.165) is 0 Å². The van der Waals surface area contributed by atoms with E-state index in [9.17, 15) is 14.7 Å². The average Bonchev–Trinajstić information content (AvgIpc) is 2.55. The lowest BCUT2D eigenvalue weighted by atomic mass is 9.90. The van der Waals surface area contributed by atoms with Crippen LogP contribution in [0.25, 0.3) is 0 Å². The molecule has 1 aliphatic heterocycles. The fourth-order valence-corrected chi connectivity index (χ4v) is 3.00. The van der Waals surface area contributed by atoms with Crippen LogP contribution in [-0.2, 0) is 9.59 Å². The van der Waals surface area contributed by atoms with Gasteiger partial charge in [0.2, 0.25) is 5.91 Å². The van der Waals surface area contributed by atoms with Crippen molar-refractivity contribution < 1.29 is 19.8 Å². The predicted octanol–water partition coefficient (Wildman–Crippen LogP) is 0.326. The molecule has 0 bridgehead atoms. The van der Waals surface area contributed by atoms with Gasteiger partial charge in [0.05, 0.1) is 30.5 Å². The van der Waals surface area contributed by atoms with E-state index in [0.29, 0.717) is 25.9 Å². The van der Waals surface area contributed by atoms with Crippen LogP contribution in [-0.4, -0.2) is 45.7 Å². The van der Waals surface area contributed by atoms with E-state index in [4.69, 9.17) is 5.11 Å². The summed E-state index contributed by atoms with van der Waals surface area (Å²) in [5.41, 5.74) is -0.793. The van der Waals surface area contributed by atoms with E-state index >= 15 is 0 Å². The van der Waals surface area contributed by atoms with Gasteiger partial charge >= 0.3 is 5.97 Å². The number of β-amino-alcohol motifs (C(OH)–C–C–N with tert-alkyl or cyclic N) is 1. The third kappa shape index (κ3) is 2.29. The van der Waals surface area contributed by atoms with Crippen molar-refractivity contribution in [3.8, 4) is 0 Å². The molecule has 3 atom stereocenters. The summed E-state index contributed by atoms with van der Waals surface area (Å²) in [5, 5.41) is 18.7. The third-order valence-corrected chi connectivity index (χ3v) is 3.81. The van der Waals surface area contributed by atoms with Crippen LogP contribution in [0.4, 0.5) is 0 Å². The molecule has 5 nitrogen and oxygen atoms in total. The molecule has 0 radical (unpaired) electrons. The molecule has 0 aromatic carbocycles. The SMILES string of the molecule is CC1C[C@H](C(=O)N2CC(C)(O)C2)[C@H](C(=O)O)C1. The van der Waals surface area contributed by atoms with Gasteiger partial charge in [-0.05, 0) is 25.7 Å². The maximum atomic E-state index is 12.1. The quantitative estimate of drug-likeness (QED) is 0.730. The van der Waals surface area contributed by atoms with Crippen molar-refractivity contribution >= 4 is 11.9 Å². The van der Waals surface area contributed by atoms with Gasteiger partial charge in [-0.3, -0.25) is 9.59 Å². The summed E-state index contributed by atoms with van der Waals surface area (Å²) in [4.78, 5) is 24.8. The minimum Gasteiger partial charge on any atom is -0.481 e. The van der Waals surface area contributed by atoms with Gasteiger partial charge in [0.25, 0.3) is 0 Å². The molecule has 1 saturated heterocycles. The molecule has 0 spiro atoms. The number of likely N-dealkylation sites (tertiary alicyclic amines) is 1. The lowest BCUT2D eigenvalue weighted by Crippen LogP contribution is -2.63. The van der Waals surface area contributed by atoms with Gasteiger partial charge in [-0.2, -0.15) is 0 Å². The number of aliphatic carboxylic acids is 1. The number of hydrogen-bond donors (Lipinski definition) is 2. The summed E-state index contributed by atoms with van der Waals surface area (Å²) in [5.74, 6) is -1.65. The standard InChI is InChI=1S/C12H19NO4/c1-7-3-8(9(4-7)11(15)16)10(14)13-5-12(2,17)6-13/h7-9,17H,3-6H2,1-2H3,(H,15,16)/t7?,8-,9+/m0/s1. The Hall–Kier alpha value is -1.10. The fourth-order valence-electron chi connectivity index (χ4n) is 3.00. The smallest absolute Gasteiger partial charge is 0.307 e. The van der Waals surface area contributed by atoms with E-state index in [-0.39, 0.29) is 11.8 Å². The Morgan fingerprint density at radius 1 is 1.24 bits per heavy atom. The van der Waals surface area contributed by atoms with Crippen molar-refractivity contribution in [2.45, 2.75) is 32.3 Å². The second-order valence-electron chi connectivity index (χ2n) is 5.82. The summed E-state index contributed by atoms with van der Waals surface area (Å²) in [6.07, 6.45) is 1.23. The van der Waals surface area contributed by atoms with Gasteiger partial charge in [-0.25, -0.2) is 0 Å². The minimum atomic E-state index is -0.875. The molecule has 2 N–H and O–H groups in total. The number of amides is 1. The highest BCUT2D eigenvalue weighted by Crippen LogP contribution is 2.38. The van der Waals surface area contributed by atoms with Gasteiger partial charge in [0, 0.05) is 0 Å². The lowest BCUT2D eigenvalue weighted by Gasteiger charge is -2.45. The van der Waals surface area contributed by atoms with Crippen LogP contribution in [0.15, 0.2) is 0 Å². The molecule has 1 aliphatic carbocycles. The van der Waals surface area contributed by atoms with Crippen LogP contribution < -0.4 is 0 Å². The normalized spacial score (nSPS) is 35.5. The van der Waals surface area contributed by atoms with Crippen molar-refractivity contribution in [1.82, 2.24) is 4.90 Å². The molecule has 1 amide bonds. The maximum Gasteiger partial charge on any atom is 0.307 e. The Labute approximate surface area is 100 Å². The Bertz CT molecular complexity index is 344. The first-order valence-electron chi connectivity index (χ1n) is 6.04. The van der Waals surface area contributed by atoms with Crippen molar-refractivity contribution in [2.75, 3.05) is 13.1 Å². The van der Waals surface area contributed by atoms with Crippen molar-refractivity contribution in [2.24, 2.45) is 17.8 Å². The molecular weight excluding hydrogens is 222 g/mol. The Balaban J connectivity index is 2.02. The second kappa shape index (κ2) is 3.98. The highest BCUT2D eigenvalue weighted by molar-refractivity contribution is 5.86. The summed E-state index contributed by atoms with van der Waals surface area (Å²) in [6.45, 7) is 4.31. The Morgan fingerprint density at radius 2 is 1.76 bits per heavy atom. The molecule has 0 aromatic rings. The van der Waals surface area contributed by atoms with Crippen LogP contribution >= 0.6 is 0 Å². The van der Waals surface area contributed by atoms with Gasteiger partial charge in [-0.15, -0.1) is 0 Å². The zero-order valence-electron chi connectivity index (χ0n) is 10.2. The van der Waals surface area contributed by atoms with E-state index in [1.807, 2.05) is 6.92 Å². The van der Waals surface area contributed by atoms with E-state index in [2.05, 4.69) is 0 Å². The van der Waals surface area contributed by atoms with Crippen LogP contribution in [0.2, 0.25) is 0 Å². The zero-order valence-corrected chi connectivity index (χ0v) is 10.2. The van der Waals surface area contributed by atoms with Crippen LogP contribution in [0.1, 0.15) is 26.7 Å². The first-order valence-corrected chi connectivity index (χ1v) is 6.04. The summed E-state index contributed by atoms with van der Waals surface area (Å²) in [6, 6.07) is 0. The predicted molar refractivity (Wildman–Crippen MR) is 60.2 cm³/mol. The first-order chi connectivity index (χ1) is 7.80. The van der Waals surface area contributed by atoms with Crippen LogP contribution in [0, 0.1) is 17.8 Å². The van der Waals surface area contributed by atoms with Crippen LogP contribution in [0.5, 0.6) is 0 Å². The monoisotopic (exact) mass is 241 g/mol. The minimum absolute atomic E-state index is 0.103. The largest absolute Gasteiger partial charge is 0.481 e. The fraction of sp³-hybridized carbons (Fsp3) is 0.833. The second-order valence-corrected chi connectivity index (χ2v) is 5.82. The van der Waals surface area contributed by atoms with E-state index in [1.165, 1.54) is 0 Å². The van der Waals surface area contributed by atoms with E-state index < -0.39 is 23.4 Å². The molecular formula is C12H19NO4. The Kier molecular flexibility index (Phi) is 2.89. The van der Waals surface area contributed by atoms with Crippen molar-refractivity contribution in [1.29, 1.82) is 0 Å². The summed E-state index contributed by atoms with van der Waals surface area (Å²) < 4.78 is 0. The number of carbonyl (C=O) groups is 2. The van der Waals surface area contributed by atoms with Gasteiger partial charge < -0.3 is 15.1 Å². The van der Waals surface area contributed by atoms with Crippen LogP contribution in [0.3, 0.4) is 0 Å². The molecule has 17 heavy (non-hydrogen) atoms. The zero-order chi connectivity index (χ0) is 12.8. The van der Waals surface area contributed by atoms with Gasteiger partial charge in [0.15, 0.2) is 0 Å². The number of aliphatic hydroxyl groups is 1. The van der Waals surface area contributed by atoms with Crippen molar-refractivity contribution in [3.05, 3.63) is 0 Å². The average molecular weight is 241 g/mol. The molecule has 5 heteroatoms. The molecule has 96 valence electrons. The summed E-state index contributed by atoms with van der Waals surface area (Å²) in [7, 11) is 0. The van der Waals surface area contributed by atoms with Crippen molar-refractivity contribution in [3.63, 3.8) is 0 Å². The number of rotatable bonds is 2. The molecule has 2 rings (SSSR count). The van der Waals surface area contributed by atoms with E-state index in [1.54, 1.807) is 11.8 Å². The highest BCUT2D eigenvalue weighted by atomic mass is 16.4. The topological polar surface area (TPSA) is 77.8 Å². The summed E-state index contributed by atoms with van der Waals surface area (Å²) >= 11 is 0. The number of carbonyl (C=O) groups excluding carboxylic acids is 1. The molecule has 0 aromatic heterocycles. The number of carboxylic acid groups (broad SMARTS) is 1. The number of nitrogens with zero attached hydrogens (tertiary/aromatic N) is 1. The number of carboxylic acids is 1. The first kappa shape index (κ1) is 12.4.